The number of sulfone groups is 1. The summed E-state index contributed by atoms with van der Waals surface area (Å²) in [6.07, 6.45) is 11.2. The number of rotatable bonds is 14. The Kier molecular flexibility index (Phi) is 20.5. The molecule has 456 valence electrons. The first-order valence-corrected chi connectivity index (χ1v) is 29.9. The summed E-state index contributed by atoms with van der Waals surface area (Å²) >= 11 is 0. The van der Waals surface area contributed by atoms with Crippen molar-refractivity contribution >= 4 is 72.4 Å². The number of aryl methyl sites for hydroxylation is 3. The Bertz CT molecular complexity index is 3910. The van der Waals surface area contributed by atoms with Crippen LogP contribution in [0.25, 0.3) is 66.5 Å². The molecule has 0 aliphatic carbocycles. The minimum Gasteiger partial charge on any atom is -0.480 e. The zero-order valence-corrected chi connectivity index (χ0v) is 49.7. The van der Waals surface area contributed by atoms with Crippen molar-refractivity contribution in [3.05, 3.63) is 91.8 Å². The molecule has 6 aromatic heterocycles. The third kappa shape index (κ3) is 16.2. The van der Waals surface area contributed by atoms with Crippen LogP contribution >= 0.6 is 0 Å². The van der Waals surface area contributed by atoms with Crippen molar-refractivity contribution in [1.29, 1.82) is 0 Å². The van der Waals surface area contributed by atoms with E-state index in [4.69, 9.17) is 19.6 Å². The largest absolute Gasteiger partial charge is 0.480 e. The third-order valence-electron chi connectivity index (χ3n) is 14.3. The van der Waals surface area contributed by atoms with Crippen LogP contribution in [0.3, 0.4) is 0 Å². The van der Waals surface area contributed by atoms with Crippen molar-refractivity contribution < 1.29 is 40.2 Å². The highest BCUT2D eigenvalue weighted by molar-refractivity contribution is 7.90. The lowest BCUT2D eigenvalue weighted by Crippen LogP contribution is -2.48. The molecule has 0 radical (unpaired) electrons. The van der Waals surface area contributed by atoms with E-state index in [-0.39, 0.29) is 26.5 Å². The molecule has 86 heavy (non-hydrogen) atoms. The van der Waals surface area contributed by atoms with Crippen molar-refractivity contribution in [3.63, 3.8) is 0 Å². The summed E-state index contributed by atoms with van der Waals surface area (Å²) in [6, 6.07) is 17.8. The molecule has 0 saturated carbocycles. The first-order valence-electron chi connectivity index (χ1n) is 28.0. The Balaban J connectivity index is 0.000000172. The fourth-order valence-electron chi connectivity index (χ4n) is 9.74. The molecular weight excluding hydrogens is 1130 g/mol. The molecule has 3 aliphatic rings. The van der Waals surface area contributed by atoms with Crippen LogP contribution < -0.4 is 15.1 Å². The van der Waals surface area contributed by atoms with Crippen LogP contribution in [-0.4, -0.2) is 239 Å². The van der Waals surface area contributed by atoms with Gasteiger partial charge in [-0.1, -0.05) is 18.2 Å². The van der Waals surface area contributed by atoms with Crippen LogP contribution in [0.15, 0.2) is 96.9 Å². The predicted molar refractivity (Wildman–Crippen MR) is 323 cm³/mol. The summed E-state index contributed by atoms with van der Waals surface area (Å²) in [7, 11) is 2.22. The van der Waals surface area contributed by atoms with Crippen molar-refractivity contribution in [2.24, 2.45) is 21.1 Å². The topological polar surface area (TPSA) is 322 Å². The van der Waals surface area contributed by atoms with Gasteiger partial charge in [-0.3, -0.25) is 43.1 Å². The van der Waals surface area contributed by atoms with E-state index >= 15 is 0 Å². The summed E-state index contributed by atoms with van der Waals surface area (Å²) in [4.78, 5) is 57.1. The second-order valence-electron chi connectivity index (χ2n) is 20.4. The second kappa shape index (κ2) is 28.7. The summed E-state index contributed by atoms with van der Waals surface area (Å²) in [5, 5.41) is 51.5. The Morgan fingerprint density at radius 1 is 0.523 bits per heavy atom. The quantitative estimate of drug-likeness (QED) is 0.148. The Morgan fingerprint density at radius 2 is 0.895 bits per heavy atom. The molecule has 12 rings (SSSR count). The van der Waals surface area contributed by atoms with Gasteiger partial charge < -0.3 is 29.7 Å². The van der Waals surface area contributed by atoms with E-state index in [1.165, 1.54) is 6.20 Å². The molecule has 3 aliphatic heterocycles. The average molecular weight is 1200 g/mol. The van der Waals surface area contributed by atoms with E-state index in [0.717, 1.165) is 119 Å². The van der Waals surface area contributed by atoms with Crippen molar-refractivity contribution in [3.8, 4) is 33.8 Å². The van der Waals surface area contributed by atoms with Crippen molar-refractivity contribution in [2.45, 2.75) is 19.0 Å². The highest BCUT2D eigenvalue weighted by Crippen LogP contribution is 2.26. The Morgan fingerprint density at radius 3 is 1.28 bits per heavy atom. The van der Waals surface area contributed by atoms with Gasteiger partial charge in [0.1, 0.15) is 0 Å². The second-order valence-corrected chi connectivity index (χ2v) is 22.3. The number of aliphatic carboxylic acids is 1. The monoisotopic (exact) mass is 1200 g/mol. The SMILES string of the molecule is CCOC(=O)CN1CCN(c2nncc(-c3ccc4c(cnn4C)c3)n2)CC1.CCOC(=O)CN1CCNCC1.Cn1ncc2cc(-c3cnnc(N4CCN(CC(=O)O)CC4)n3)ccc21.Cn1ncc2cc(-c3cnnc(S(C)(=O)=O)n3)ccc21.[HH].[HH]. The number of carbonyl (C=O) groups excluding carboxylic acids is 2. The van der Waals surface area contributed by atoms with Gasteiger partial charge in [0.05, 0.1) is 104 Å². The fourth-order valence-corrected chi connectivity index (χ4v) is 10.2. The molecule has 0 unspecified atom stereocenters. The number of hydrogen-bond donors (Lipinski definition) is 2. The molecule has 3 fully saturated rings. The first kappa shape index (κ1) is 61.5. The standard InChI is InChI=1S/C19H23N7O2.C17H19N7O2.C12H11N5O2S.C8H16N2O2.2H2/c1-3-28-18(27)13-25-6-8-26(9-7-25)19-22-16(12-20-23-19)14-4-5-17-15(10-14)11-21-24(17)2;1-22-15-3-2-12(8-13(15)9-19-22)14-10-18-21-17(20-14)24-6-4-23(5-7-24)11-16(25)26;1-17-11-4-3-8(5-9(11)6-14-17)10-7-13-16-12(15-10)20(2,18)19;1-2-12-8(11)7-10-5-3-9-4-6-10;;/h4-5,10-12H,3,6-9,13H2,1-2H3;2-3,8-10H,4-7,11H2,1H3,(H,25,26);3-7H,1-2H3;9H,2-7H2,1H3;2*1H. The van der Waals surface area contributed by atoms with Crippen LogP contribution in [-0.2, 0) is 54.8 Å². The van der Waals surface area contributed by atoms with Gasteiger partial charge in [-0.15, -0.1) is 15.3 Å². The molecule has 9 heterocycles. The maximum atomic E-state index is 11.6. The van der Waals surface area contributed by atoms with E-state index in [0.29, 0.717) is 70.1 Å². The zero-order chi connectivity index (χ0) is 60.7. The van der Waals surface area contributed by atoms with Gasteiger partial charge in [-0.05, 0) is 50.2 Å². The van der Waals surface area contributed by atoms with E-state index < -0.39 is 15.8 Å². The molecule has 29 nitrogen and oxygen atoms in total. The minimum absolute atomic E-state index is 0. The number of carbonyl (C=O) groups is 3. The number of nitrogens with one attached hydrogen (secondary N) is 1. The highest BCUT2D eigenvalue weighted by Gasteiger charge is 2.24. The number of aromatic nitrogens is 15. The van der Waals surface area contributed by atoms with Gasteiger partial charge in [-0.25, -0.2) is 23.4 Å². The lowest BCUT2D eigenvalue weighted by atomic mass is 10.1. The van der Waals surface area contributed by atoms with E-state index in [9.17, 15) is 22.8 Å². The number of esters is 2. The maximum absolute atomic E-state index is 11.6. The van der Waals surface area contributed by atoms with Gasteiger partial charge >= 0.3 is 17.9 Å². The van der Waals surface area contributed by atoms with Crippen LogP contribution in [0.4, 0.5) is 11.9 Å². The Hall–Kier alpha value is -9.10. The molecule has 9 aromatic rings. The number of carboxylic acids is 1. The van der Waals surface area contributed by atoms with E-state index in [1.807, 2.05) is 115 Å². The van der Waals surface area contributed by atoms with Gasteiger partial charge in [0.2, 0.25) is 21.7 Å². The van der Waals surface area contributed by atoms with Crippen LogP contribution in [0, 0.1) is 0 Å². The van der Waals surface area contributed by atoms with Crippen molar-refractivity contribution in [1.82, 2.24) is 94.9 Å². The number of nitrogens with zero attached hydrogens (tertiary/aromatic N) is 20. The summed E-state index contributed by atoms with van der Waals surface area (Å²) in [6.45, 7) is 14.9. The molecule has 30 heteroatoms. The predicted octanol–water partition coefficient (Wildman–Crippen LogP) is 2.52. The van der Waals surface area contributed by atoms with Crippen molar-refractivity contribution in [2.75, 3.05) is 127 Å². The molecule has 0 atom stereocenters. The zero-order valence-electron chi connectivity index (χ0n) is 48.8. The van der Waals surface area contributed by atoms with E-state index in [2.05, 4.69) is 81.9 Å². The maximum Gasteiger partial charge on any atom is 0.320 e. The first-order chi connectivity index (χ1) is 41.5. The molecule has 3 aromatic carbocycles. The average Bonchev–Trinajstić information content (AvgIpc) is 2.64. The van der Waals surface area contributed by atoms with Crippen LogP contribution in [0.1, 0.15) is 16.7 Å². The number of hydrogen-bond acceptors (Lipinski definition) is 25. The Labute approximate surface area is 498 Å². The summed E-state index contributed by atoms with van der Waals surface area (Å²) in [5.74, 6) is 0.0912. The lowest BCUT2D eigenvalue weighted by molar-refractivity contribution is -0.145. The summed E-state index contributed by atoms with van der Waals surface area (Å²) < 4.78 is 38.2. The molecular formula is C56H73N21O8S. The molecule has 0 spiro atoms. The smallest absolute Gasteiger partial charge is 0.320 e. The minimum atomic E-state index is -3.47. The number of ether oxygens (including phenoxy) is 2. The molecule has 2 N–H and O–H groups in total. The number of benzene rings is 3. The number of fused-ring (bicyclic) bond motifs is 3. The molecule has 0 amide bonds. The normalized spacial score (nSPS) is 15.0. The molecule has 3 saturated heterocycles. The summed E-state index contributed by atoms with van der Waals surface area (Å²) in [5.41, 5.74) is 7.84. The van der Waals surface area contributed by atoms with Crippen LogP contribution in [0.2, 0.25) is 0 Å². The third-order valence-corrected chi connectivity index (χ3v) is 15.1. The number of anilines is 2. The van der Waals surface area contributed by atoms with Gasteiger partial charge in [0, 0.05) is 142 Å². The molecule has 0 bridgehead atoms. The lowest BCUT2D eigenvalue weighted by Gasteiger charge is -2.33. The number of piperazine rings is 3. The van der Waals surface area contributed by atoms with Gasteiger partial charge in [-0.2, -0.15) is 30.6 Å². The van der Waals surface area contributed by atoms with E-state index in [1.54, 1.807) is 23.3 Å². The van der Waals surface area contributed by atoms with Crippen LogP contribution in [0.5, 0.6) is 0 Å². The highest BCUT2D eigenvalue weighted by atomic mass is 32.2. The number of carboxylic acid groups (broad SMARTS) is 1. The van der Waals surface area contributed by atoms with Gasteiger partial charge in [0.15, 0.2) is 0 Å². The van der Waals surface area contributed by atoms with Gasteiger partial charge in [0.25, 0.3) is 5.16 Å². The fraction of sp³-hybridized carbons (Fsp3) is 0.411.